The van der Waals surface area contributed by atoms with Crippen molar-refractivity contribution in [2.75, 3.05) is 7.11 Å². The number of aromatic amines is 1. The Morgan fingerprint density at radius 3 is 2.86 bits per heavy atom. The molecule has 2 N–H and O–H groups in total. The number of aliphatic hydroxyl groups is 1. The van der Waals surface area contributed by atoms with Gasteiger partial charge in [-0.2, -0.15) is 0 Å². The Labute approximate surface area is 127 Å². The third-order valence-electron chi connectivity index (χ3n) is 3.24. The molecular weight excluding hydrogens is 282 g/mol. The lowest BCUT2D eigenvalue weighted by Crippen LogP contribution is -2.24. The topological polar surface area (TPSA) is 77.9 Å². The number of methoxy groups -OCH3 is 1. The number of aliphatic imine (C=N–C) groups is 1. The molecule has 0 aliphatic carbocycles. The van der Waals surface area contributed by atoms with Gasteiger partial charge in [-0.3, -0.25) is 4.90 Å². The molecule has 0 amide bonds. The number of nitrogens with one attached hydrogen (secondary N) is 1. The highest BCUT2D eigenvalue weighted by molar-refractivity contribution is 5.89. The van der Waals surface area contributed by atoms with E-state index in [1.807, 2.05) is 0 Å². The molecule has 2 aromatic rings. The molecule has 0 saturated heterocycles. The van der Waals surface area contributed by atoms with Gasteiger partial charge in [0.05, 0.1) is 12.7 Å². The van der Waals surface area contributed by atoms with Gasteiger partial charge in [-0.1, -0.05) is 0 Å². The number of aromatic nitrogens is 1. The minimum Gasteiger partial charge on any atom is -0.465 e. The Morgan fingerprint density at radius 1 is 1.36 bits per heavy atom. The summed E-state index contributed by atoms with van der Waals surface area (Å²) in [6.45, 7) is 0. The number of aliphatic hydroxyl groups excluding tert-OH is 1. The molecule has 0 saturated carbocycles. The Kier molecular flexibility index (Phi) is 3.64. The van der Waals surface area contributed by atoms with Gasteiger partial charge < -0.3 is 14.8 Å². The van der Waals surface area contributed by atoms with Crippen molar-refractivity contribution in [3.63, 3.8) is 0 Å². The van der Waals surface area contributed by atoms with E-state index in [2.05, 4.69) is 26.7 Å². The Morgan fingerprint density at radius 2 is 2.14 bits per heavy atom. The first kappa shape index (κ1) is 13.9. The van der Waals surface area contributed by atoms with Crippen molar-refractivity contribution in [2.45, 2.75) is 6.23 Å². The van der Waals surface area contributed by atoms with Gasteiger partial charge in [0, 0.05) is 23.4 Å². The zero-order valence-electron chi connectivity index (χ0n) is 11.8. The lowest BCUT2D eigenvalue weighted by Gasteiger charge is -2.22. The number of rotatable bonds is 1. The molecule has 1 aliphatic heterocycles. The normalized spacial score (nSPS) is 15.7. The summed E-state index contributed by atoms with van der Waals surface area (Å²) >= 11 is 0. The zero-order valence-corrected chi connectivity index (χ0v) is 11.8. The molecule has 2 heterocycles. The fraction of sp³-hybridized carbons (Fsp3) is 0.125. The summed E-state index contributed by atoms with van der Waals surface area (Å²) in [6.07, 6.45) is 2.33. The van der Waals surface area contributed by atoms with Gasteiger partial charge in [0.25, 0.3) is 0 Å². The van der Waals surface area contributed by atoms with Gasteiger partial charge in [-0.25, -0.2) is 9.79 Å². The quantitative estimate of drug-likeness (QED) is 0.621. The maximum atomic E-state index is 11.3. The van der Waals surface area contributed by atoms with Crippen LogP contribution in [0.4, 0.5) is 5.82 Å². The van der Waals surface area contributed by atoms with Gasteiger partial charge in [0.1, 0.15) is 12.2 Å². The fourth-order valence-corrected chi connectivity index (χ4v) is 2.05. The van der Waals surface area contributed by atoms with E-state index in [4.69, 9.17) is 0 Å². The number of esters is 1. The van der Waals surface area contributed by atoms with Crippen molar-refractivity contribution in [1.29, 1.82) is 0 Å². The van der Waals surface area contributed by atoms with E-state index in [-0.39, 0.29) is 0 Å². The predicted molar refractivity (Wildman–Crippen MR) is 80.4 cm³/mol. The maximum Gasteiger partial charge on any atom is 0.337 e. The van der Waals surface area contributed by atoms with Gasteiger partial charge in [-0.05, 0) is 36.3 Å². The Hall–Kier alpha value is -3.04. The van der Waals surface area contributed by atoms with E-state index >= 15 is 0 Å². The van der Waals surface area contributed by atoms with Crippen LogP contribution in [0.3, 0.4) is 0 Å². The molecule has 0 spiro atoms. The molecule has 0 fully saturated rings. The largest absolute Gasteiger partial charge is 0.465 e. The van der Waals surface area contributed by atoms with Crippen molar-refractivity contribution >= 4 is 18.1 Å². The zero-order chi connectivity index (χ0) is 15.5. The number of carbonyl (C=O) groups is 1. The van der Waals surface area contributed by atoms with Crippen molar-refractivity contribution in [2.24, 2.45) is 4.99 Å². The summed E-state index contributed by atoms with van der Waals surface area (Å²) in [7, 11) is 1.34. The highest BCUT2D eigenvalue weighted by atomic mass is 16.5. The molecular formula is C16H13N3O3. The molecule has 6 heteroatoms. The summed E-state index contributed by atoms with van der Waals surface area (Å²) < 4.78 is 4.63. The van der Waals surface area contributed by atoms with E-state index < -0.39 is 12.2 Å². The molecule has 110 valence electrons. The van der Waals surface area contributed by atoms with Crippen molar-refractivity contribution < 1.29 is 14.6 Å². The first-order chi connectivity index (χ1) is 10.7. The second-order valence-corrected chi connectivity index (χ2v) is 4.61. The number of hydrogen-bond donors (Lipinski definition) is 2. The second kappa shape index (κ2) is 5.76. The standard InChI is InChI=1S/C16H13N3O3/c1-22-16(21)12-4-2-11(3-5-12)7-9-19-10-18-14-13(15(19)20)6-8-17-14/h2-6,8,10,15,17,20H,1H3. The summed E-state index contributed by atoms with van der Waals surface area (Å²) in [5.41, 5.74) is 1.86. The maximum absolute atomic E-state index is 11.3. The van der Waals surface area contributed by atoms with E-state index in [0.717, 1.165) is 0 Å². The molecule has 3 rings (SSSR count). The van der Waals surface area contributed by atoms with Crippen LogP contribution < -0.4 is 0 Å². The number of carbonyl (C=O) groups excluding carboxylic acids is 1. The molecule has 0 radical (unpaired) electrons. The number of nitrogens with zero attached hydrogens (tertiary/aromatic N) is 2. The van der Waals surface area contributed by atoms with Crippen LogP contribution in [0.2, 0.25) is 0 Å². The summed E-state index contributed by atoms with van der Waals surface area (Å²) in [6, 6.07) is 11.3. The third kappa shape index (κ3) is 2.57. The van der Waals surface area contributed by atoms with Crippen LogP contribution in [0, 0.1) is 12.0 Å². The van der Waals surface area contributed by atoms with Gasteiger partial charge >= 0.3 is 5.97 Å². The minimum absolute atomic E-state index is 0.391. The molecule has 1 aromatic carbocycles. The van der Waals surface area contributed by atoms with E-state index in [1.54, 1.807) is 36.5 Å². The summed E-state index contributed by atoms with van der Waals surface area (Å²) in [5, 5.41) is 10.2. The first-order valence-electron chi connectivity index (χ1n) is 6.57. The van der Waals surface area contributed by atoms with E-state index in [0.29, 0.717) is 22.5 Å². The molecule has 1 atom stereocenters. The van der Waals surface area contributed by atoms with Crippen molar-refractivity contribution in [1.82, 2.24) is 9.88 Å². The number of hydrogen-bond acceptors (Lipinski definition) is 5. The van der Waals surface area contributed by atoms with E-state index in [1.165, 1.54) is 18.3 Å². The molecule has 1 aliphatic rings. The van der Waals surface area contributed by atoms with E-state index in [9.17, 15) is 9.90 Å². The Balaban J connectivity index is 1.77. The SMILES string of the molecule is COC(=O)c1ccc(C#CN2C=Nc3[nH]ccc3C2O)cc1. The summed E-state index contributed by atoms with van der Waals surface area (Å²) in [5.74, 6) is 3.16. The molecule has 0 bridgehead atoms. The highest BCUT2D eigenvalue weighted by Gasteiger charge is 2.21. The van der Waals surface area contributed by atoms with Crippen LogP contribution in [0.5, 0.6) is 0 Å². The Bertz CT molecular complexity index is 781. The summed E-state index contributed by atoms with van der Waals surface area (Å²) in [4.78, 5) is 19.9. The van der Waals surface area contributed by atoms with Crippen LogP contribution in [-0.2, 0) is 4.74 Å². The predicted octanol–water partition coefficient (Wildman–Crippen LogP) is 1.78. The first-order valence-corrected chi connectivity index (χ1v) is 6.57. The number of fused-ring (bicyclic) bond motifs is 1. The van der Waals surface area contributed by atoms with Gasteiger partial charge in [0.2, 0.25) is 0 Å². The van der Waals surface area contributed by atoms with Crippen LogP contribution in [-0.4, -0.2) is 34.4 Å². The number of H-pyrrole nitrogens is 1. The van der Waals surface area contributed by atoms with Crippen molar-refractivity contribution in [3.8, 4) is 12.0 Å². The lowest BCUT2D eigenvalue weighted by atomic mass is 10.1. The lowest BCUT2D eigenvalue weighted by molar-refractivity contribution is 0.0600. The molecule has 6 nitrogen and oxygen atoms in total. The fourth-order valence-electron chi connectivity index (χ4n) is 2.05. The van der Waals surface area contributed by atoms with Crippen LogP contribution in [0.25, 0.3) is 0 Å². The average molecular weight is 295 g/mol. The number of ether oxygens (including phenoxy) is 1. The van der Waals surface area contributed by atoms with Crippen molar-refractivity contribution in [3.05, 3.63) is 53.2 Å². The van der Waals surface area contributed by atoms with Crippen LogP contribution >= 0.6 is 0 Å². The monoisotopic (exact) mass is 295 g/mol. The molecule has 1 unspecified atom stereocenters. The molecule has 22 heavy (non-hydrogen) atoms. The van der Waals surface area contributed by atoms with Crippen LogP contribution in [0.1, 0.15) is 27.7 Å². The second-order valence-electron chi connectivity index (χ2n) is 4.61. The smallest absolute Gasteiger partial charge is 0.337 e. The highest BCUT2D eigenvalue weighted by Crippen LogP contribution is 2.29. The molecule has 1 aromatic heterocycles. The number of benzene rings is 1. The van der Waals surface area contributed by atoms with Gasteiger partial charge in [-0.15, -0.1) is 0 Å². The third-order valence-corrected chi connectivity index (χ3v) is 3.24. The van der Waals surface area contributed by atoms with Gasteiger partial charge in [0.15, 0.2) is 6.23 Å². The average Bonchev–Trinajstić information content (AvgIpc) is 3.03. The minimum atomic E-state index is -0.861. The van der Waals surface area contributed by atoms with Crippen LogP contribution in [0.15, 0.2) is 41.5 Å².